The maximum Gasteiger partial charge on any atom is 0.165 e. The van der Waals surface area contributed by atoms with Crippen molar-refractivity contribution in [2.45, 2.75) is 83.3 Å². The summed E-state index contributed by atoms with van der Waals surface area (Å²) in [6.07, 6.45) is 8.10. The molecule has 124 valence electrons. The summed E-state index contributed by atoms with van der Waals surface area (Å²) in [5.41, 5.74) is -1.17. The summed E-state index contributed by atoms with van der Waals surface area (Å²) in [7, 11) is 0. The van der Waals surface area contributed by atoms with E-state index in [4.69, 9.17) is 0 Å². The lowest BCUT2D eigenvalue weighted by Crippen LogP contribution is -2.66. The molecule has 0 aromatic rings. The molecule has 4 rings (SSSR count). The molecular formula is C19H30O3. The van der Waals surface area contributed by atoms with E-state index in [0.717, 1.165) is 19.3 Å². The van der Waals surface area contributed by atoms with Crippen LogP contribution in [-0.2, 0) is 4.79 Å². The molecule has 0 aromatic heterocycles. The molecule has 0 heterocycles. The van der Waals surface area contributed by atoms with E-state index in [1.54, 1.807) is 0 Å². The lowest BCUT2D eigenvalue weighted by atomic mass is 9.43. The second-order valence-electron chi connectivity index (χ2n) is 9.26. The molecule has 0 bridgehead atoms. The van der Waals surface area contributed by atoms with Crippen molar-refractivity contribution in [3.63, 3.8) is 0 Å². The van der Waals surface area contributed by atoms with Crippen LogP contribution in [0.25, 0.3) is 0 Å². The van der Waals surface area contributed by atoms with Gasteiger partial charge < -0.3 is 10.2 Å². The molecule has 0 spiro atoms. The van der Waals surface area contributed by atoms with E-state index in [9.17, 15) is 15.0 Å². The number of aliphatic hydroxyl groups excluding tert-OH is 1. The fourth-order valence-corrected chi connectivity index (χ4v) is 7.01. The highest BCUT2D eigenvalue weighted by Crippen LogP contribution is 2.66. The van der Waals surface area contributed by atoms with Crippen molar-refractivity contribution in [2.24, 2.45) is 28.6 Å². The van der Waals surface area contributed by atoms with Crippen molar-refractivity contribution in [2.75, 3.05) is 0 Å². The fraction of sp³-hybridized carbons (Fsp3) is 0.947. The highest BCUT2D eigenvalue weighted by molar-refractivity contribution is 5.89. The number of carbonyl (C=O) groups is 1. The van der Waals surface area contributed by atoms with Crippen LogP contribution in [0.5, 0.6) is 0 Å². The van der Waals surface area contributed by atoms with Crippen molar-refractivity contribution >= 4 is 5.78 Å². The largest absolute Gasteiger partial charge is 0.393 e. The molecule has 4 aliphatic carbocycles. The van der Waals surface area contributed by atoms with E-state index in [0.29, 0.717) is 29.6 Å². The summed E-state index contributed by atoms with van der Waals surface area (Å²) in [6.45, 7) is 4.57. The average Bonchev–Trinajstić information content (AvgIpc) is 2.84. The molecule has 0 radical (unpaired) electrons. The van der Waals surface area contributed by atoms with E-state index < -0.39 is 11.7 Å². The van der Waals surface area contributed by atoms with Gasteiger partial charge in [-0.1, -0.05) is 20.3 Å². The second-order valence-corrected chi connectivity index (χ2v) is 9.26. The summed E-state index contributed by atoms with van der Waals surface area (Å²) >= 11 is 0. The first-order valence-corrected chi connectivity index (χ1v) is 9.24. The molecule has 0 saturated heterocycles. The van der Waals surface area contributed by atoms with E-state index in [1.807, 2.05) is 0 Å². The zero-order valence-electron chi connectivity index (χ0n) is 14.0. The topological polar surface area (TPSA) is 57.5 Å². The molecule has 0 aliphatic heterocycles. The Kier molecular flexibility index (Phi) is 3.14. The molecule has 22 heavy (non-hydrogen) atoms. The highest BCUT2D eigenvalue weighted by atomic mass is 16.3. The third-order valence-corrected chi connectivity index (χ3v) is 8.39. The maximum absolute atomic E-state index is 12.9. The Hall–Kier alpha value is -0.410. The maximum atomic E-state index is 12.9. The second kappa shape index (κ2) is 4.57. The molecule has 0 amide bonds. The van der Waals surface area contributed by atoms with Crippen LogP contribution in [0.4, 0.5) is 0 Å². The number of hydrogen-bond acceptors (Lipinski definition) is 3. The lowest BCUT2D eigenvalue weighted by molar-refractivity contribution is -0.211. The van der Waals surface area contributed by atoms with Crippen LogP contribution in [-0.4, -0.2) is 27.7 Å². The Labute approximate surface area is 133 Å². The minimum atomic E-state index is -1.28. The average molecular weight is 306 g/mol. The minimum Gasteiger partial charge on any atom is -0.393 e. The van der Waals surface area contributed by atoms with Gasteiger partial charge in [0.15, 0.2) is 5.78 Å². The van der Waals surface area contributed by atoms with Gasteiger partial charge in [0, 0.05) is 18.3 Å². The molecule has 3 nitrogen and oxygen atoms in total. The Bertz CT molecular complexity index is 503. The van der Waals surface area contributed by atoms with Gasteiger partial charge in [-0.25, -0.2) is 0 Å². The van der Waals surface area contributed by atoms with Crippen molar-refractivity contribution in [3.05, 3.63) is 0 Å². The summed E-state index contributed by atoms with van der Waals surface area (Å²) in [4.78, 5) is 12.9. The van der Waals surface area contributed by atoms with Crippen LogP contribution in [0.2, 0.25) is 0 Å². The Morgan fingerprint density at radius 1 is 1.05 bits per heavy atom. The first-order chi connectivity index (χ1) is 10.3. The summed E-state index contributed by atoms with van der Waals surface area (Å²) in [5.74, 6) is 1.61. The fourth-order valence-electron chi connectivity index (χ4n) is 7.01. The Balaban J connectivity index is 1.73. The van der Waals surface area contributed by atoms with E-state index >= 15 is 0 Å². The van der Waals surface area contributed by atoms with Gasteiger partial charge in [0.2, 0.25) is 0 Å². The molecule has 3 heteroatoms. The molecule has 7 atom stereocenters. The minimum absolute atomic E-state index is 0.0196. The van der Waals surface area contributed by atoms with Crippen LogP contribution >= 0.6 is 0 Å². The predicted octanol–water partition coefficient (Wildman–Crippen LogP) is 3.07. The Morgan fingerprint density at radius 3 is 2.59 bits per heavy atom. The van der Waals surface area contributed by atoms with Crippen LogP contribution in [0.3, 0.4) is 0 Å². The van der Waals surface area contributed by atoms with Crippen LogP contribution < -0.4 is 0 Å². The molecule has 0 unspecified atom stereocenters. The zero-order valence-corrected chi connectivity index (χ0v) is 14.0. The van der Waals surface area contributed by atoms with Gasteiger partial charge in [-0.15, -0.1) is 0 Å². The van der Waals surface area contributed by atoms with Crippen molar-refractivity contribution in [1.82, 2.24) is 0 Å². The van der Waals surface area contributed by atoms with Crippen molar-refractivity contribution in [1.29, 1.82) is 0 Å². The molecular weight excluding hydrogens is 276 g/mol. The third-order valence-electron chi connectivity index (χ3n) is 8.39. The summed E-state index contributed by atoms with van der Waals surface area (Å²) in [6, 6.07) is 0. The first kappa shape index (κ1) is 15.1. The number of ketones is 1. The number of fused-ring (bicyclic) bond motifs is 5. The number of hydrogen-bond donors (Lipinski definition) is 2. The van der Waals surface area contributed by atoms with E-state index in [2.05, 4.69) is 13.8 Å². The lowest BCUT2D eigenvalue weighted by Gasteiger charge is -2.62. The molecule has 4 fully saturated rings. The normalized spacial score (nSPS) is 57.9. The first-order valence-electron chi connectivity index (χ1n) is 9.24. The van der Waals surface area contributed by atoms with Crippen molar-refractivity contribution < 1.29 is 15.0 Å². The number of aliphatic hydroxyl groups is 2. The van der Waals surface area contributed by atoms with Gasteiger partial charge in [0.1, 0.15) is 5.60 Å². The Morgan fingerprint density at radius 2 is 1.82 bits per heavy atom. The van der Waals surface area contributed by atoms with Crippen molar-refractivity contribution in [3.8, 4) is 0 Å². The SMILES string of the molecule is C[C@@]12CCC[C@@H]1[C@@H]1CC(=O)[C@@]3(O)C[C@@H](O)CC[C@]3(C)[C@H]1CC2. The monoisotopic (exact) mass is 306 g/mol. The highest BCUT2D eigenvalue weighted by Gasteiger charge is 2.66. The predicted molar refractivity (Wildman–Crippen MR) is 84.2 cm³/mol. The smallest absolute Gasteiger partial charge is 0.165 e. The number of Topliss-reactive ketones (excluding diaryl/α,β-unsaturated/α-hetero) is 1. The molecule has 4 aliphatic rings. The van der Waals surface area contributed by atoms with Gasteiger partial charge in [0.05, 0.1) is 6.10 Å². The van der Waals surface area contributed by atoms with E-state index in [-0.39, 0.29) is 17.6 Å². The summed E-state index contributed by atoms with van der Waals surface area (Å²) < 4.78 is 0. The van der Waals surface area contributed by atoms with Gasteiger partial charge in [-0.2, -0.15) is 0 Å². The molecule has 4 saturated carbocycles. The van der Waals surface area contributed by atoms with Gasteiger partial charge in [0.25, 0.3) is 0 Å². The molecule has 2 N–H and O–H groups in total. The third kappa shape index (κ3) is 1.73. The van der Waals surface area contributed by atoms with Crippen LogP contribution in [0, 0.1) is 28.6 Å². The number of rotatable bonds is 0. The van der Waals surface area contributed by atoms with Crippen LogP contribution in [0.15, 0.2) is 0 Å². The van der Waals surface area contributed by atoms with Crippen LogP contribution in [0.1, 0.15) is 71.6 Å². The standard InChI is InChI=1S/C19H30O3/c1-17-7-3-4-14(17)13-10-16(21)19(22)11-12(20)5-9-18(19,2)15(13)6-8-17/h12-15,20,22H,3-11H2,1-2H3/t12-,13-,14+,15-,17-,18+,19-/m0/s1. The number of carbonyl (C=O) groups excluding carboxylic acids is 1. The quantitative estimate of drug-likeness (QED) is 0.723. The zero-order chi connectivity index (χ0) is 15.8. The van der Waals surface area contributed by atoms with Gasteiger partial charge in [-0.3, -0.25) is 4.79 Å². The van der Waals surface area contributed by atoms with Gasteiger partial charge in [-0.05, 0) is 61.7 Å². The van der Waals surface area contributed by atoms with E-state index in [1.165, 1.54) is 25.7 Å². The summed E-state index contributed by atoms with van der Waals surface area (Å²) in [5, 5.41) is 21.2. The molecule has 0 aromatic carbocycles. The van der Waals surface area contributed by atoms with Gasteiger partial charge >= 0.3 is 0 Å².